The molecular weight excluding hydrogens is 554 g/mol. The Kier molecular flexibility index (Phi) is 9.85. The summed E-state index contributed by atoms with van der Waals surface area (Å²) < 4.78 is 11.6. The Bertz CT molecular complexity index is 1620. The number of hydrogen-bond acceptors (Lipinski definition) is 9. The molecule has 4 aromatic rings. The van der Waals surface area contributed by atoms with E-state index in [1.54, 1.807) is 19.1 Å². The summed E-state index contributed by atoms with van der Waals surface area (Å²) in [5.74, 6) is 0.606. The number of esters is 1. The first kappa shape index (κ1) is 30.7. The molecule has 2 heterocycles. The minimum atomic E-state index is -0.543. The van der Waals surface area contributed by atoms with Crippen LogP contribution in [0.4, 0.5) is 5.95 Å². The lowest BCUT2D eigenvalue weighted by molar-refractivity contribution is 0.0522. The number of aryl methyl sites for hydroxylation is 2. The first-order valence-electron chi connectivity index (χ1n) is 14.9. The van der Waals surface area contributed by atoms with Gasteiger partial charge in [0.15, 0.2) is 0 Å². The summed E-state index contributed by atoms with van der Waals surface area (Å²) in [6, 6.07) is 21.9. The normalized spacial score (nSPS) is 13.7. The Labute approximate surface area is 258 Å². The molecule has 44 heavy (non-hydrogen) atoms. The molecular formula is C35H37N5O4. The number of ether oxygens (including phenoxy) is 2. The molecule has 3 aromatic carbocycles. The number of anilines is 1. The van der Waals surface area contributed by atoms with Crippen LogP contribution in [-0.2, 0) is 17.9 Å². The van der Waals surface area contributed by atoms with Gasteiger partial charge in [0, 0.05) is 25.7 Å². The van der Waals surface area contributed by atoms with Crippen LogP contribution >= 0.6 is 0 Å². The molecule has 0 radical (unpaired) electrons. The second kappa shape index (κ2) is 14.1. The number of rotatable bonds is 10. The van der Waals surface area contributed by atoms with Gasteiger partial charge in [0.2, 0.25) is 11.8 Å². The minimum Gasteiger partial charge on any atom is -0.462 e. The number of nitriles is 1. The highest BCUT2D eigenvalue weighted by Gasteiger charge is 2.23. The third kappa shape index (κ3) is 7.40. The molecule has 0 bridgehead atoms. The van der Waals surface area contributed by atoms with Crippen LogP contribution in [0.3, 0.4) is 0 Å². The average Bonchev–Trinajstić information content (AvgIpc) is 3.04. The van der Waals surface area contributed by atoms with Gasteiger partial charge >= 0.3 is 5.97 Å². The van der Waals surface area contributed by atoms with Crippen molar-refractivity contribution in [1.29, 1.82) is 5.26 Å². The highest BCUT2D eigenvalue weighted by molar-refractivity contribution is 5.91. The summed E-state index contributed by atoms with van der Waals surface area (Å²) in [4.78, 5) is 24.3. The van der Waals surface area contributed by atoms with Crippen molar-refractivity contribution < 1.29 is 19.4 Å². The fourth-order valence-electron chi connectivity index (χ4n) is 5.40. The molecule has 0 atom stereocenters. The maximum atomic E-state index is 12.8. The third-order valence-corrected chi connectivity index (χ3v) is 7.79. The van der Waals surface area contributed by atoms with Crippen molar-refractivity contribution in [3.63, 3.8) is 0 Å². The number of hydrogen-bond donors (Lipinski definition) is 2. The Balaban J connectivity index is 1.30. The first-order chi connectivity index (χ1) is 21.4. The van der Waals surface area contributed by atoms with Crippen LogP contribution < -0.4 is 10.1 Å². The Morgan fingerprint density at radius 2 is 1.68 bits per heavy atom. The zero-order valence-electron chi connectivity index (χ0n) is 25.3. The average molecular weight is 592 g/mol. The van der Waals surface area contributed by atoms with Crippen LogP contribution in [0.5, 0.6) is 11.6 Å². The molecule has 9 nitrogen and oxygen atoms in total. The largest absolute Gasteiger partial charge is 0.462 e. The molecule has 1 fully saturated rings. The van der Waals surface area contributed by atoms with Crippen molar-refractivity contribution in [3.8, 4) is 28.8 Å². The smallest absolute Gasteiger partial charge is 0.345 e. The molecule has 0 saturated carbocycles. The van der Waals surface area contributed by atoms with Gasteiger partial charge in [-0.05, 0) is 91.3 Å². The monoisotopic (exact) mass is 591 g/mol. The quantitative estimate of drug-likeness (QED) is 0.209. The highest BCUT2D eigenvalue weighted by Crippen LogP contribution is 2.34. The molecule has 1 aromatic heterocycles. The molecule has 1 aliphatic rings. The van der Waals surface area contributed by atoms with Crippen molar-refractivity contribution in [2.75, 3.05) is 25.0 Å². The second-order valence-electron chi connectivity index (χ2n) is 11.0. The van der Waals surface area contributed by atoms with Crippen LogP contribution in [0, 0.1) is 25.2 Å². The SMILES string of the molecule is CCOC(=O)c1cnc(NC2CCN(Cc3ccc(CO)cc3)CC2)nc1Oc1c(C)cc(-c2ccc(C#N)cc2)cc1C. The number of benzene rings is 3. The number of nitrogens with zero attached hydrogens (tertiary/aromatic N) is 4. The summed E-state index contributed by atoms with van der Waals surface area (Å²) in [5, 5.41) is 21.8. The molecule has 1 saturated heterocycles. The van der Waals surface area contributed by atoms with E-state index in [0.717, 1.165) is 60.3 Å². The van der Waals surface area contributed by atoms with Crippen LogP contribution in [0.25, 0.3) is 11.1 Å². The summed E-state index contributed by atoms with van der Waals surface area (Å²) in [5.41, 5.74) is 6.67. The third-order valence-electron chi connectivity index (χ3n) is 7.79. The van der Waals surface area contributed by atoms with E-state index >= 15 is 0 Å². The maximum absolute atomic E-state index is 12.8. The number of aliphatic hydroxyl groups excluding tert-OH is 1. The number of aliphatic hydroxyl groups is 1. The number of aromatic nitrogens is 2. The van der Waals surface area contributed by atoms with E-state index in [1.165, 1.54) is 11.8 Å². The van der Waals surface area contributed by atoms with E-state index in [-0.39, 0.29) is 30.7 Å². The summed E-state index contributed by atoms with van der Waals surface area (Å²) >= 11 is 0. The summed E-state index contributed by atoms with van der Waals surface area (Å²) in [6.07, 6.45) is 3.30. The van der Waals surface area contributed by atoms with Crippen LogP contribution in [0.1, 0.15) is 57.9 Å². The van der Waals surface area contributed by atoms with Gasteiger partial charge in [-0.1, -0.05) is 36.4 Å². The molecule has 0 unspecified atom stereocenters. The molecule has 0 aliphatic carbocycles. The van der Waals surface area contributed by atoms with Crippen LogP contribution in [0.15, 0.2) is 66.9 Å². The van der Waals surface area contributed by atoms with Crippen LogP contribution in [-0.4, -0.2) is 51.7 Å². The number of nitrogens with one attached hydrogen (secondary N) is 1. The fraction of sp³-hybridized carbons (Fsp3) is 0.314. The molecule has 5 rings (SSSR count). The topological polar surface area (TPSA) is 121 Å². The predicted octanol–water partition coefficient (Wildman–Crippen LogP) is 6.17. The van der Waals surface area contributed by atoms with Gasteiger partial charge in [-0.2, -0.15) is 10.2 Å². The zero-order valence-corrected chi connectivity index (χ0v) is 25.3. The summed E-state index contributed by atoms with van der Waals surface area (Å²) in [7, 11) is 0. The van der Waals surface area contributed by atoms with Crippen LogP contribution in [0.2, 0.25) is 0 Å². The van der Waals surface area contributed by atoms with E-state index in [0.29, 0.717) is 17.3 Å². The Morgan fingerprint density at radius 3 is 2.30 bits per heavy atom. The van der Waals surface area contributed by atoms with Crippen molar-refractivity contribution in [1.82, 2.24) is 14.9 Å². The van der Waals surface area contributed by atoms with E-state index in [1.807, 2.05) is 50.2 Å². The lowest BCUT2D eigenvalue weighted by Crippen LogP contribution is -2.39. The molecule has 0 spiro atoms. The van der Waals surface area contributed by atoms with Crippen molar-refractivity contribution >= 4 is 11.9 Å². The van der Waals surface area contributed by atoms with Crippen molar-refractivity contribution in [2.24, 2.45) is 0 Å². The van der Waals surface area contributed by atoms with Gasteiger partial charge in [-0.15, -0.1) is 0 Å². The highest BCUT2D eigenvalue weighted by atomic mass is 16.5. The van der Waals surface area contributed by atoms with Crippen molar-refractivity contribution in [3.05, 3.63) is 100 Å². The van der Waals surface area contributed by atoms with Gasteiger partial charge in [-0.25, -0.2) is 9.78 Å². The van der Waals surface area contributed by atoms with Gasteiger partial charge in [0.05, 0.1) is 31.0 Å². The number of likely N-dealkylation sites (tertiary alicyclic amines) is 1. The molecule has 226 valence electrons. The molecule has 0 amide bonds. The van der Waals surface area contributed by atoms with Gasteiger partial charge < -0.3 is 19.9 Å². The first-order valence-corrected chi connectivity index (χ1v) is 14.9. The number of carbonyl (C=O) groups is 1. The molecule has 2 N–H and O–H groups in total. The van der Waals surface area contributed by atoms with Gasteiger partial charge in [0.1, 0.15) is 11.3 Å². The van der Waals surface area contributed by atoms with Crippen molar-refractivity contribution in [2.45, 2.75) is 52.8 Å². The Morgan fingerprint density at radius 1 is 1.02 bits per heavy atom. The zero-order chi connectivity index (χ0) is 31.1. The van der Waals surface area contributed by atoms with E-state index in [4.69, 9.17) is 14.7 Å². The number of piperidine rings is 1. The number of carbonyl (C=O) groups excluding carboxylic acids is 1. The summed E-state index contributed by atoms with van der Waals surface area (Å²) in [6.45, 7) is 8.65. The minimum absolute atomic E-state index is 0.0539. The lowest BCUT2D eigenvalue weighted by atomic mass is 9.99. The predicted molar refractivity (Wildman–Crippen MR) is 168 cm³/mol. The van der Waals surface area contributed by atoms with E-state index in [9.17, 15) is 9.90 Å². The fourth-order valence-corrected chi connectivity index (χ4v) is 5.40. The standard InChI is InChI=1S/C35H37N5O4/c1-4-43-34(42)31-20-37-35(38-30-13-15-40(16-14-30)21-26-5-7-27(22-41)8-6-26)39-33(31)44-32-23(2)17-29(18-24(32)3)28-11-9-25(19-36)10-12-28/h5-12,17-18,20,30,41H,4,13-16,21-22H2,1-3H3,(H,37,38,39). The van der Waals surface area contributed by atoms with E-state index in [2.05, 4.69) is 38.4 Å². The maximum Gasteiger partial charge on any atom is 0.345 e. The van der Waals surface area contributed by atoms with Gasteiger partial charge in [-0.3, -0.25) is 4.90 Å². The van der Waals surface area contributed by atoms with E-state index < -0.39 is 5.97 Å². The molecule has 1 aliphatic heterocycles. The Hall–Kier alpha value is -4.78. The lowest BCUT2D eigenvalue weighted by Gasteiger charge is -2.32. The van der Waals surface area contributed by atoms with Gasteiger partial charge in [0.25, 0.3) is 0 Å². The second-order valence-corrected chi connectivity index (χ2v) is 11.0. The molecule has 9 heteroatoms.